The fraction of sp³-hybridized carbons (Fsp3) is 0.250. The third-order valence-electron chi connectivity index (χ3n) is 3.76. The van der Waals surface area contributed by atoms with Gasteiger partial charge in [-0.2, -0.15) is 0 Å². The van der Waals surface area contributed by atoms with E-state index >= 15 is 0 Å². The molecular weight excluding hydrogens is 334 g/mol. The first-order valence-electron chi connectivity index (χ1n) is 8.32. The quantitative estimate of drug-likeness (QED) is 0.568. The number of allylic oxidation sites excluding steroid dienone is 2. The average molecular weight is 357 g/mol. The summed E-state index contributed by atoms with van der Waals surface area (Å²) in [5.41, 5.74) is 1.93. The van der Waals surface area contributed by atoms with E-state index in [1.807, 2.05) is 19.9 Å². The number of sulfonamides is 1. The lowest BCUT2D eigenvalue weighted by molar-refractivity contribution is 0.104. The molecule has 5 heteroatoms. The van der Waals surface area contributed by atoms with Gasteiger partial charge in [-0.1, -0.05) is 61.4 Å². The summed E-state index contributed by atoms with van der Waals surface area (Å²) in [6.45, 7) is 3.92. The summed E-state index contributed by atoms with van der Waals surface area (Å²) in [6.07, 6.45) is 3.59. The number of ketones is 1. The van der Waals surface area contributed by atoms with Gasteiger partial charge in [-0.25, -0.2) is 8.42 Å². The normalized spacial score (nSPS) is 12.0. The molecule has 25 heavy (non-hydrogen) atoms. The minimum absolute atomic E-state index is 0.188. The molecule has 0 saturated heterocycles. The Kier molecular flexibility index (Phi) is 6.53. The minimum atomic E-state index is -3.70. The van der Waals surface area contributed by atoms with Gasteiger partial charge in [0.15, 0.2) is 5.78 Å². The van der Waals surface area contributed by atoms with Gasteiger partial charge >= 0.3 is 0 Å². The molecule has 0 fully saturated rings. The molecule has 4 nitrogen and oxygen atoms in total. The smallest absolute Gasteiger partial charge is 0.261 e. The Labute approximate surface area is 149 Å². The number of nitrogens with one attached hydrogen (secondary N) is 1. The van der Waals surface area contributed by atoms with Crippen molar-refractivity contribution in [2.45, 2.75) is 38.0 Å². The standard InChI is InChI=1S/C20H23NO3S/c1-3-4-10-18(15-20(22)17-8-6-5-7-9-17)21-25(23,24)19-13-11-16(2)12-14-19/h5-9,11-15,21H,3-4,10H2,1-2H3/b18-15+. The molecule has 0 aliphatic heterocycles. The van der Waals surface area contributed by atoms with E-state index in [-0.39, 0.29) is 10.7 Å². The highest BCUT2D eigenvalue weighted by atomic mass is 32.2. The van der Waals surface area contributed by atoms with Gasteiger partial charge in [0.05, 0.1) is 4.90 Å². The molecule has 0 aliphatic rings. The number of rotatable bonds is 8. The second-order valence-electron chi connectivity index (χ2n) is 5.92. The van der Waals surface area contributed by atoms with Gasteiger partial charge in [0, 0.05) is 17.3 Å². The number of unbranched alkanes of at least 4 members (excludes halogenated alkanes) is 1. The van der Waals surface area contributed by atoms with Crippen molar-refractivity contribution in [3.63, 3.8) is 0 Å². The Balaban J connectivity index is 2.26. The lowest BCUT2D eigenvalue weighted by Crippen LogP contribution is -2.24. The maximum atomic E-state index is 12.6. The zero-order valence-corrected chi connectivity index (χ0v) is 15.3. The zero-order valence-electron chi connectivity index (χ0n) is 14.5. The summed E-state index contributed by atoms with van der Waals surface area (Å²) in [6, 6.07) is 15.4. The fourth-order valence-corrected chi connectivity index (χ4v) is 3.43. The Morgan fingerprint density at radius 1 is 1.04 bits per heavy atom. The molecule has 1 N–H and O–H groups in total. The van der Waals surface area contributed by atoms with Crippen LogP contribution in [-0.2, 0) is 10.0 Å². The highest BCUT2D eigenvalue weighted by molar-refractivity contribution is 7.89. The number of carbonyl (C=O) groups is 1. The third-order valence-corrected chi connectivity index (χ3v) is 5.18. The van der Waals surface area contributed by atoms with E-state index in [1.54, 1.807) is 48.5 Å². The van der Waals surface area contributed by atoms with Crippen LogP contribution in [0.4, 0.5) is 0 Å². The van der Waals surface area contributed by atoms with Gasteiger partial charge < -0.3 is 0 Å². The summed E-state index contributed by atoms with van der Waals surface area (Å²) in [4.78, 5) is 12.6. The summed E-state index contributed by atoms with van der Waals surface area (Å²) in [7, 11) is -3.70. The van der Waals surface area contributed by atoms with Gasteiger partial charge in [0.2, 0.25) is 0 Å². The van der Waals surface area contributed by atoms with E-state index in [2.05, 4.69) is 4.72 Å². The molecular formula is C20H23NO3S. The van der Waals surface area contributed by atoms with Crippen LogP contribution in [0.25, 0.3) is 0 Å². The van der Waals surface area contributed by atoms with Crippen molar-refractivity contribution in [3.05, 3.63) is 77.5 Å². The predicted molar refractivity (Wildman–Crippen MR) is 99.9 cm³/mol. The molecule has 0 aromatic heterocycles. The SMILES string of the molecule is CCCC/C(=C\C(=O)c1ccccc1)NS(=O)(=O)c1ccc(C)cc1. The number of carbonyl (C=O) groups excluding carboxylic acids is 1. The molecule has 0 amide bonds. The van der Waals surface area contributed by atoms with Crippen LogP contribution in [0.2, 0.25) is 0 Å². The molecule has 0 unspecified atom stereocenters. The van der Waals surface area contributed by atoms with Crippen LogP contribution in [0.3, 0.4) is 0 Å². The largest absolute Gasteiger partial charge is 0.289 e. The van der Waals surface area contributed by atoms with E-state index in [0.717, 1.165) is 18.4 Å². The maximum absolute atomic E-state index is 12.6. The van der Waals surface area contributed by atoms with Crippen molar-refractivity contribution in [2.24, 2.45) is 0 Å². The highest BCUT2D eigenvalue weighted by Gasteiger charge is 2.16. The Bertz CT molecular complexity index is 838. The molecule has 2 aromatic carbocycles. The number of hydrogen-bond acceptors (Lipinski definition) is 3. The third kappa shape index (κ3) is 5.57. The molecule has 0 atom stereocenters. The van der Waals surface area contributed by atoms with Crippen molar-refractivity contribution in [1.29, 1.82) is 0 Å². The molecule has 0 bridgehead atoms. The molecule has 0 radical (unpaired) electrons. The number of hydrogen-bond donors (Lipinski definition) is 1. The topological polar surface area (TPSA) is 63.2 Å². The molecule has 2 aromatic rings. The van der Waals surface area contributed by atoms with Crippen molar-refractivity contribution in [3.8, 4) is 0 Å². The van der Waals surface area contributed by atoms with E-state index in [1.165, 1.54) is 6.08 Å². The average Bonchev–Trinajstić information content (AvgIpc) is 2.60. The monoisotopic (exact) mass is 357 g/mol. The van der Waals surface area contributed by atoms with Crippen molar-refractivity contribution < 1.29 is 13.2 Å². The fourth-order valence-electron chi connectivity index (χ4n) is 2.31. The summed E-state index contributed by atoms with van der Waals surface area (Å²) in [5.74, 6) is -0.210. The van der Waals surface area contributed by atoms with Crippen molar-refractivity contribution >= 4 is 15.8 Å². The van der Waals surface area contributed by atoms with Gasteiger partial charge in [-0.3, -0.25) is 9.52 Å². The zero-order chi connectivity index (χ0) is 18.3. The van der Waals surface area contributed by atoms with Crippen LogP contribution >= 0.6 is 0 Å². The van der Waals surface area contributed by atoms with Gasteiger partial charge in [-0.05, 0) is 31.9 Å². The van der Waals surface area contributed by atoms with Crippen molar-refractivity contribution in [2.75, 3.05) is 0 Å². The Morgan fingerprint density at radius 3 is 2.28 bits per heavy atom. The maximum Gasteiger partial charge on any atom is 0.261 e. The first-order chi connectivity index (χ1) is 11.9. The molecule has 0 saturated carbocycles. The van der Waals surface area contributed by atoms with Crippen LogP contribution in [0.5, 0.6) is 0 Å². The number of benzene rings is 2. The first kappa shape index (κ1) is 18.9. The van der Waals surface area contributed by atoms with Crippen LogP contribution in [0.1, 0.15) is 42.1 Å². The lowest BCUT2D eigenvalue weighted by Gasteiger charge is -2.12. The summed E-state index contributed by atoms with van der Waals surface area (Å²) < 4.78 is 27.7. The molecule has 0 spiro atoms. The second kappa shape index (κ2) is 8.62. The van der Waals surface area contributed by atoms with E-state index in [4.69, 9.17) is 0 Å². The van der Waals surface area contributed by atoms with E-state index in [9.17, 15) is 13.2 Å². The Morgan fingerprint density at radius 2 is 1.68 bits per heavy atom. The van der Waals surface area contributed by atoms with Crippen LogP contribution in [-0.4, -0.2) is 14.2 Å². The molecule has 2 rings (SSSR count). The summed E-state index contributed by atoms with van der Waals surface area (Å²) in [5, 5.41) is 0. The Hall–Kier alpha value is -2.40. The van der Waals surface area contributed by atoms with Crippen LogP contribution < -0.4 is 4.72 Å². The second-order valence-corrected chi connectivity index (χ2v) is 7.60. The van der Waals surface area contributed by atoms with Crippen molar-refractivity contribution in [1.82, 2.24) is 4.72 Å². The summed E-state index contributed by atoms with van der Waals surface area (Å²) >= 11 is 0. The minimum Gasteiger partial charge on any atom is -0.289 e. The predicted octanol–water partition coefficient (Wildman–Crippen LogP) is 4.23. The van der Waals surface area contributed by atoms with Gasteiger partial charge in [0.1, 0.15) is 0 Å². The molecule has 0 heterocycles. The lowest BCUT2D eigenvalue weighted by atomic mass is 10.1. The van der Waals surface area contributed by atoms with E-state index in [0.29, 0.717) is 17.7 Å². The molecule has 132 valence electrons. The molecule has 0 aliphatic carbocycles. The number of aryl methyl sites for hydroxylation is 1. The van der Waals surface area contributed by atoms with Crippen LogP contribution in [0.15, 0.2) is 71.3 Å². The van der Waals surface area contributed by atoms with E-state index < -0.39 is 10.0 Å². The van der Waals surface area contributed by atoms with Gasteiger partial charge in [0.25, 0.3) is 10.0 Å². The van der Waals surface area contributed by atoms with Gasteiger partial charge in [-0.15, -0.1) is 0 Å². The first-order valence-corrected chi connectivity index (χ1v) is 9.80. The highest BCUT2D eigenvalue weighted by Crippen LogP contribution is 2.15. The van der Waals surface area contributed by atoms with Crippen LogP contribution in [0, 0.1) is 6.92 Å².